The summed E-state index contributed by atoms with van der Waals surface area (Å²) >= 11 is 5.97. The highest BCUT2D eigenvalue weighted by Gasteiger charge is 2.30. The quantitative estimate of drug-likeness (QED) is 0.932. The number of nitrogens with zero attached hydrogens (tertiary/aromatic N) is 1. The molecule has 21 heavy (non-hydrogen) atoms. The van der Waals surface area contributed by atoms with Crippen molar-refractivity contribution in [3.05, 3.63) is 34.4 Å². The monoisotopic (exact) mass is 307 g/mol. The first-order valence-corrected chi connectivity index (χ1v) is 7.47. The van der Waals surface area contributed by atoms with E-state index in [9.17, 15) is 9.90 Å². The van der Waals surface area contributed by atoms with Crippen molar-refractivity contribution in [3.8, 4) is 5.75 Å². The molecule has 0 aromatic heterocycles. The van der Waals surface area contributed by atoms with E-state index in [1.807, 2.05) is 12.1 Å². The van der Waals surface area contributed by atoms with Crippen molar-refractivity contribution < 1.29 is 14.6 Å². The third kappa shape index (κ3) is 3.06. The lowest BCUT2D eigenvalue weighted by molar-refractivity contribution is -0.127. The minimum Gasteiger partial charge on any atom is -0.488 e. The fraction of sp³-hybridized carbons (Fsp3) is 0.438. The van der Waals surface area contributed by atoms with Crippen molar-refractivity contribution in [2.24, 2.45) is 5.92 Å². The molecule has 2 aliphatic rings. The van der Waals surface area contributed by atoms with Crippen LogP contribution in [-0.2, 0) is 4.79 Å². The van der Waals surface area contributed by atoms with Gasteiger partial charge in [-0.15, -0.1) is 0 Å². The molecule has 0 spiro atoms. The smallest absolute Gasteiger partial charge is 0.253 e. The Morgan fingerprint density at radius 3 is 2.95 bits per heavy atom. The number of hydrogen-bond donors (Lipinski definition) is 1. The Kier molecular flexibility index (Phi) is 3.91. The lowest BCUT2D eigenvalue weighted by Gasteiger charge is -2.34. The highest BCUT2D eigenvalue weighted by atomic mass is 35.5. The second kappa shape index (κ2) is 5.70. The molecule has 1 aromatic rings. The molecule has 1 aliphatic heterocycles. The average Bonchev–Trinajstić information content (AvgIpc) is 2.44. The molecule has 4 nitrogen and oxygen atoms in total. The van der Waals surface area contributed by atoms with Crippen LogP contribution in [0.25, 0.3) is 6.08 Å². The van der Waals surface area contributed by atoms with Crippen LogP contribution in [0.1, 0.15) is 18.4 Å². The summed E-state index contributed by atoms with van der Waals surface area (Å²) < 4.78 is 5.61. The highest BCUT2D eigenvalue weighted by Crippen LogP contribution is 2.31. The van der Waals surface area contributed by atoms with Gasteiger partial charge in [-0.2, -0.15) is 0 Å². The molecule has 0 bridgehead atoms. The van der Waals surface area contributed by atoms with Crippen LogP contribution in [0.5, 0.6) is 5.75 Å². The molecule has 0 unspecified atom stereocenters. The molecule has 3 rings (SSSR count). The van der Waals surface area contributed by atoms with Gasteiger partial charge in [-0.25, -0.2) is 0 Å². The highest BCUT2D eigenvalue weighted by molar-refractivity contribution is 6.30. The Hall–Kier alpha value is -1.52. The number of rotatable bonds is 3. The molecule has 1 fully saturated rings. The summed E-state index contributed by atoms with van der Waals surface area (Å²) in [5.74, 6) is 1.13. The molecular weight excluding hydrogens is 290 g/mol. The van der Waals surface area contributed by atoms with Gasteiger partial charge in [0.2, 0.25) is 0 Å². The van der Waals surface area contributed by atoms with Crippen LogP contribution in [-0.4, -0.2) is 42.2 Å². The van der Waals surface area contributed by atoms with E-state index in [4.69, 9.17) is 16.3 Å². The van der Waals surface area contributed by atoms with E-state index in [1.165, 1.54) is 0 Å². The second-order valence-corrected chi connectivity index (χ2v) is 6.25. The summed E-state index contributed by atoms with van der Waals surface area (Å²) in [6.45, 7) is 0.959. The van der Waals surface area contributed by atoms with E-state index < -0.39 is 0 Å². The summed E-state index contributed by atoms with van der Waals surface area (Å²) in [4.78, 5) is 14.1. The van der Waals surface area contributed by atoms with Crippen LogP contribution in [0.15, 0.2) is 23.8 Å². The molecule has 1 heterocycles. The van der Waals surface area contributed by atoms with Crippen molar-refractivity contribution in [2.45, 2.75) is 18.9 Å². The van der Waals surface area contributed by atoms with Gasteiger partial charge in [-0.3, -0.25) is 4.79 Å². The third-order valence-corrected chi connectivity index (χ3v) is 4.28. The van der Waals surface area contributed by atoms with Gasteiger partial charge in [0.05, 0.1) is 11.7 Å². The number of ether oxygens (including phenoxy) is 1. The Balaban J connectivity index is 1.70. The first-order chi connectivity index (χ1) is 10.0. The molecule has 1 amide bonds. The zero-order chi connectivity index (χ0) is 15.0. The zero-order valence-corrected chi connectivity index (χ0v) is 12.6. The minimum absolute atomic E-state index is 0.0259. The van der Waals surface area contributed by atoms with Crippen molar-refractivity contribution in [1.29, 1.82) is 0 Å². The number of aliphatic hydroxyl groups excluding tert-OH is 1. The molecular formula is C16H18ClNO3. The van der Waals surface area contributed by atoms with E-state index in [2.05, 4.69) is 0 Å². The van der Waals surface area contributed by atoms with Gasteiger partial charge in [0.15, 0.2) is 0 Å². The fourth-order valence-electron chi connectivity index (χ4n) is 2.84. The molecule has 0 radical (unpaired) electrons. The van der Waals surface area contributed by atoms with Crippen molar-refractivity contribution >= 4 is 23.6 Å². The van der Waals surface area contributed by atoms with E-state index in [1.54, 1.807) is 24.1 Å². The fourth-order valence-corrected chi connectivity index (χ4v) is 3.02. The number of benzene rings is 1. The van der Waals surface area contributed by atoms with Crippen LogP contribution >= 0.6 is 11.6 Å². The average molecular weight is 308 g/mol. The number of hydrogen-bond acceptors (Lipinski definition) is 3. The van der Waals surface area contributed by atoms with E-state index >= 15 is 0 Å². The van der Waals surface area contributed by atoms with Crippen molar-refractivity contribution in [3.63, 3.8) is 0 Å². The van der Waals surface area contributed by atoms with Gasteiger partial charge in [-0.05, 0) is 43.0 Å². The lowest BCUT2D eigenvalue weighted by Crippen LogP contribution is -2.40. The van der Waals surface area contributed by atoms with Gasteiger partial charge in [0.1, 0.15) is 12.4 Å². The number of fused-ring (bicyclic) bond motifs is 1. The van der Waals surface area contributed by atoms with Gasteiger partial charge < -0.3 is 14.7 Å². The SMILES string of the molecule is CN(CC1CC(O)C1)C(=O)C1=Cc2cc(Cl)ccc2OC1. The summed E-state index contributed by atoms with van der Waals surface area (Å²) in [7, 11) is 1.79. The Labute approximate surface area is 129 Å². The number of carbonyl (C=O) groups excluding carboxylic acids is 1. The predicted molar refractivity (Wildman–Crippen MR) is 81.3 cm³/mol. The summed E-state index contributed by atoms with van der Waals surface area (Å²) in [5, 5.41) is 9.93. The third-order valence-electron chi connectivity index (χ3n) is 4.05. The minimum atomic E-state index is -0.190. The standard InChI is InChI=1S/C16H18ClNO3/c1-18(8-10-4-14(19)5-10)16(20)12-6-11-7-13(17)2-3-15(11)21-9-12/h2-3,6-7,10,14,19H,4-5,8-9H2,1H3. The van der Waals surface area contributed by atoms with Gasteiger partial charge in [-0.1, -0.05) is 11.6 Å². The number of carbonyl (C=O) groups is 1. The number of aliphatic hydroxyl groups is 1. The lowest BCUT2D eigenvalue weighted by atomic mass is 9.82. The first kappa shape index (κ1) is 14.4. The normalized spacial score (nSPS) is 23.5. The molecule has 0 atom stereocenters. The van der Waals surface area contributed by atoms with Crippen LogP contribution in [0.4, 0.5) is 0 Å². The summed E-state index contributed by atoms with van der Waals surface area (Å²) in [5.41, 5.74) is 1.47. The van der Waals surface area contributed by atoms with E-state index in [-0.39, 0.29) is 18.6 Å². The largest absolute Gasteiger partial charge is 0.488 e. The van der Waals surface area contributed by atoms with Crippen LogP contribution < -0.4 is 4.74 Å². The van der Waals surface area contributed by atoms with Crippen LogP contribution in [0, 0.1) is 5.92 Å². The van der Waals surface area contributed by atoms with Crippen molar-refractivity contribution in [2.75, 3.05) is 20.2 Å². The molecule has 112 valence electrons. The summed E-state index contributed by atoms with van der Waals surface area (Å²) in [6.07, 6.45) is 3.22. The van der Waals surface area contributed by atoms with Crippen LogP contribution in [0.2, 0.25) is 5.02 Å². The number of halogens is 1. The molecule has 0 saturated heterocycles. The second-order valence-electron chi connectivity index (χ2n) is 5.82. The Bertz CT molecular complexity index is 593. The maximum Gasteiger partial charge on any atom is 0.253 e. The molecule has 1 saturated carbocycles. The molecule has 1 N–H and O–H groups in total. The Morgan fingerprint density at radius 1 is 1.48 bits per heavy atom. The van der Waals surface area contributed by atoms with Gasteiger partial charge in [0.25, 0.3) is 5.91 Å². The van der Waals surface area contributed by atoms with Gasteiger partial charge in [0, 0.05) is 24.2 Å². The number of amides is 1. The zero-order valence-electron chi connectivity index (χ0n) is 11.9. The maximum atomic E-state index is 12.4. The maximum absolute atomic E-state index is 12.4. The van der Waals surface area contributed by atoms with Crippen molar-refractivity contribution in [1.82, 2.24) is 4.90 Å². The van der Waals surface area contributed by atoms with Gasteiger partial charge >= 0.3 is 0 Å². The van der Waals surface area contributed by atoms with E-state index in [0.717, 1.165) is 24.2 Å². The predicted octanol–water partition coefficient (Wildman–Crippen LogP) is 2.35. The molecule has 1 aliphatic carbocycles. The topological polar surface area (TPSA) is 49.8 Å². The molecule has 5 heteroatoms. The Morgan fingerprint density at radius 2 is 2.24 bits per heavy atom. The molecule has 1 aromatic carbocycles. The van der Waals surface area contributed by atoms with E-state index in [0.29, 0.717) is 23.1 Å². The van der Waals surface area contributed by atoms with Crippen LogP contribution in [0.3, 0.4) is 0 Å². The number of likely N-dealkylation sites (N-methyl/N-ethyl adjacent to an activating group) is 1. The summed E-state index contributed by atoms with van der Waals surface area (Å²) in [6, 6.07) is 5.38. The first-order valence-electron chi connectivity index (χ1n) is 7.09.